The molecule has 2 nitrogen and oxygen atoms in total. The standard InChI is InChI=1S/C11H16ClNOS/c1-8(7-12)11(14)13(3)9(2)10-5-4-6-15-10/h4-6,8-9H,7H2,1-3H3. The van der Waals surface area contributed by atoms with Crippen LogP contribution in [0.5, 0.6) is 0 Å². The van der Waals surface area contributed by atoms with E-state index in [1.54, 1.807) is 16.2 Å². The maximum absolute atomic E-state index is 11.9. The fourth-order valence-corrected chi connectivity index (χ4v) is 2.28. The summed E-state index contributed by atoms with van der Waals surface area (Å²) in [7, 11) is 1.83. The second-order valence-electron chi connectivity index (χ2n) is 3.70. The zero-order valence-corrected chi connectivity index (χ0v) is 10.8. The number of alkyl halides is 1. The molecule has 2 unspecified atom stereocenters. The summed E-state index contributed by atoms with van der Waals surface area (Å²) in [6.07, 6.45) is 0. The number of hydrogen-bond donors (Lipinski definition) is 0. The number of nitrogens with zero attached hydrogens (tertiary/aromatic N) is 1. The second-order valence-corrected chi connectivity index (χ2v) is 4.98. The molecule has 0 aliphatic carbocycles. The van der Waals surface area contributed by atoms with Crippen LogP contribution in [0.15, 0.2) is 17.5 Å². The van der Waals surface area contributed by atoms with E-state index in [4.69, 9.17) is 11.6 Å². The molecule has 0 aliphatic heterocycles. The van der Waals surface area contributed by atoms with Crippen molar-refractivity contribution in [3.8, 4) is 0 Å². The third-order valence-corrected chi connectivity index (χ3v) is 4.04. The molecule has 1 heterocycles. The summed E-state index contributed by atoms with van der Waals surface area (Å²) >= 11 is 7.34. The van der Waals surface area contributed by atoms with Crippen LogP contribution in [-0.4, -0.2) is 23.7 Å². The maximum Gasteiger partial charge on any atom is 0.226 e. The van der Waals surface area contributed by atoms with Gasteiger partial charge in [-0.15, -0.1) is 22.9 Å². The van der Waals surface area contributed by atoms with Crippen LogP contribution in [0.4, 0.5) is 0 Å². The van der Waals surface area contributed by atoms with E-state index < -0.39 is 0 Å². The number of carbonyl (C=O) groups excluding carboxylic acids is 1. The van der Waals surface area contributed by atoms with E-state index in [1.807, 2.05) is 38.4 Å². The van der Waals surface area contributed by atoms with Crippen molar-refractivity contribution in [2.75, 3.05) is 12.9 Å². The lowest BCUT2D eigenvalue weighted by Crippen LogP contribution is -2.34. The monoisotopic (exact) mass is 245 g/mol. The highest BCUT2D eigenvalue weighted by molar-refractivity contribution is 7.10. The Kier molecular flexibility index (Phi) is 4.61. The van der Waals surface area contributed by atoms with Gasteiger partial charge in [0.1, 0.15) is 0 Å². The van der Waals surface area contributed by atoms with Gasteiger partial charge in [-0.25, -0.2) is 0 Å². The largest absolute Gasteiger partial charge is 0.338 e. The van der Waals surface area contributed by atoms with Crippen molar-refractivity contribution in [3.05, 3.63) is 22.4 Å². The molecule has 0 saturated carbocycles. The molecule has 0 N–H and O–H groups in total. The predicted molar refractivity (Wildman–Crippen MR) is 65.4 cm³/mol. The van der Waals surface area contributed by atoms with Crippen LogP contribution in [0.25, 0.3) is 0 Å². The Labute approximate surface area is 99.9 Å². The van der Waals surface area contributed by atoms with Crippen molar-refractivity contribution in [1.29, 1.82) is 0 Å². The Balaban J connectivity index is 2.68. The van der Waals surface area contributed by atoms with E-state index in [-0.39, 0.29) is 17.9 Å². The topological polar surface area (TPSA) is 20.3 Å². The Hall–Kier alpha value is -0.540. The Morgan fingerprint density at radius 3 is 2.73 bits per heavy atom. The number of hydrogen-bond acceptors (Lipinski definition) is 2. The highest BCUT2D eigenvalue weighted by Crippen LogP contribution is 2.24. The quantitative estimate of drug-likeness (QED) is 0.747. The van der Waals surface area contributed by atoms with E-state index in [0.29, 0.717) is 5.88 Å². The van der Waals surface area contributed by atoms with E-state index in [9.17, 15) is 4.79 Å². The highest BCUT2D eigenvalue weighted by Gasteiger charge is 2.22. The number of halogens is 1. The molecule has 0 aromatic carbocycles. The maximum atomic E-state index is 11.9. The molecular weight excluding hydrogens is 230 g/mol. The zero-order chi connectivity index (χ0) is 11.4. The lowest BCUT2D eigenvalue weighted by Gasteiger charge is -2.26. The van der Waals surface area contributed by atoms with Gasteiger partial charge in [-0.1, -0.05) is 13.0 Å². The number of carbonyl (C=O) groups is 1. The molecule has 0 fully saturated rings. The van der Waals surface area contributed by atoms with Crippen molar-refractivity contribution in [1.82, 2.24) is 4.90 Å². The molecule has 1 aromatic heterocycles. The van der Waals surface area contributed by atoms with Crippen LogP contribution in [0, 0.1) is 5.92 Å². The molecule has 4 heteroatoms. The van der Waals surface area contributed by atoms with Crippen LogP contribution in [0.3, 0.4) is 0 Å². The van der Waals surface area contributed by atoms with Gasteiger partial charge in [0.25, 0.3) is 0 Å². The van der Waals surface area contributed by atoms with Gasteiger partial charge in [0, 0.05) is 23.7 Å². The van der Waals surface area contributed by atoms with Gasteiger partial charge < -0.3 is 4.90 Å². The molecule has 1 rings (SSSR count). The lowest BCUT2D eigenvalue weighted by molar-refractivity contribution is -0.134. The molecule has 0 saturated heterocycles. The smallest absolute Gasteiger partial charge is 0.226 e. The minimum absolute atomic E-state index is 0.103. The average Bonchev–Trinajstić information content (AvgIpc) is 2.78. The summed E-state index contributed by atoms with van der Waals surface area (Å²) < 4.78 is 0. The van der Waals surface area contributed by atoms with Gasteiger partial charge >= 0.3 is 0 Å². The van der Waals surface area contributed by atoms with Gasteiger partial charge in [-0.05, 0) is 18.4 Å². The van der Waals surface area contributed by atoms with Gasteiger partial charge in [-0.3, -0.25) is 4.79 Å². The fraction of sp³-hybridized carbons (Fsp3) is 0.545. The number of thiophene rings is 1. The van der Waals surface area contributed by atoms with E-state index in [1.165, 1.54) is 4.88 Å². The van der Waals surface area contributed by atoms with Gasteiger partial charge in [0.15, 0.2) is 0 Å². The third-order valence-electron chi connectivity index (χ3n) is 2.54. The van der Waals surface area contributed by atoms with Crippen molar-refractivity contribution < 1.29 is 4.79 Å². The Morgan fingerprint density at radius 1 is 1.60 bits per heavy atom. The third kappa shape index (κ3) is 2.95. The minimum atomic E-state index is -0.112. The van der Waals surface area contributed by atoms with E-state index >= 15 is 0 Å². The lowest BCUT2D eigenvalue weighted by atomic mass is 10.1. The Bertz CT molecular complexity index is 312. The van der Waals surface area contributed by atoms with Crippen LogP contribution in [-0.2, 0) is 4.79 Å². The molecule has 2 atom stereocenters. The number of amides is 1. The number of rotatable bonds is 4. The van der Waals surface area contributed by atoms with Gasteiger partial charge in [-0.2, -0.15) is 0 Å². The van der Waals surface area contributed by atoms with Crippen LogP contribution < -0.4 is 0 Å². The van der Waals surface area contributed by atoms with Crippen molar-refractivity contribution >= 4 is 28.8 Å². The molecule has 1 amide bonds. The summed E-state index contributed by atoms with van der Waals surface area (Å²) in [6.45, 7) is 3.89. The first-order chi connectivity index (χ1) is 7.07. The SMILES string of the molecule is CC(CCl)C(=O)N(C)C(C)c1cccs1. The first-order valence-electron chi connectivity index (χ1n) is 4.94. The Morgan fingerprint density at radius 2 is 2.27 bits per heavy atom. The van der Waals surface area contributed by atoms with Crippen molar-refractivity contribution in [3.63, 3.8) is 0 Å². The summed E-state index contributed by atoms with van der Waals surface area (Å²) in [4.78, 5) is 14.8. The van der Waals surface area contributed by atoms with Crippen molar-refractivity contribution in [2.45, 2.75) is 19.9 Å². The fourth-order valence-electron chi connectivity index (χ4n) is 1.32. The van der Waals surface area contributed by atoms with Crippen molar-refractivity contribution in [2.24, 2.45) is 5.92 Å². The van der Waals surface area contributed by atoms with Gasteiger partial charge in [0.2, 0.25) is 5.91 Å². The first kappa shape index (κ1) is 12.5. The molecule has 15 heavy (non-hydrogen) atoms. The molecule has 84 valence electrons. The minimum Gasteiger partial charge on any atom is -0.338 e. The predicted octanol–water partition coefficient (Wildman–Crippen LogP) is 3.14. The summed E-state index contributed by atoms with van der Waals surface area (Å²) in [5.74, 6) is 0.366. The van der Waals surface area contributed by atoms with Crippen LogP contribution in [0.2, 0.25) is 0 Å². The molecule has 0 bridgehead atoms. The average molecular weight is 246 g/mol. The van der Waals surface area contributed by atoms with Crippen LogP contribution >= 0.6 is 22.9 Å². The summed E-state index contributed by atoms with van der Waals surface area (Å²) in [6, 6.07) is 4.17. The molecule has 0 radical (unpaired) electrons. The normalized spacial score (nSPS) is 14.7. The highest BCUT2D eigenvalue weighted by atomic mass is 35.5. The van der Waals surface area contributed by atoms with E-state index in [0.717, 1.165) is 0 Å². The van der Waals surface area contributed by atoms with E-state index in [2.05, 4.69) is 0 Å². The van der Waals surface area contributed by atoms with Crippen LogP contribution in [0.1, 0.15) is 24.8 Å². The summed E-state index contributed by atoms with van der Waals surface area (Å²) in [5.41, 5.74) is 0. The summed E-state index contributed by atoms with van der Waals surface area (Å²) in [5, 5.41) is 2.02. The molecule has 0 aliphatic rings. The second kappa shape index (κ2) is 5.52. The molecule has 1 aromatic rings. The molecular formula is C11H16ClNOS. The first-order valence-corrected chi connectivity index (χ1v) is 6.35. The zero-order valence-electron chi connectivity index (χ0n) is 9.24. The van der Waals surface area contributed by atoms with Gasteiger partial charge in [0.05, 0.1) is 6.04 Å². The molecule has 0 spiro atoms.